The summed E-state index contributed by atoms with van der Waals surface area (Å²) in [5.74, 6) is -0.0347. The molecule has 5 rings (SSSR count). The second-order valence-electron chi connectivity index (χ2n) is 9.43. The number of hydrogen-bond acceptors (Lipinski definition) is 9. The van der Waals surface area contributed by atoms with Crippen LogP contribution in [0.3, 0.4) is 0 Å². The van der Waals surface area contributed by atoms with Crippen molar-refractivity contribution in [3.63, 3.8) is 0 Å². The Kier molecular flexibility index (Phi) is 8.22. The third-order valence-corrected chi connectivity index (χ3v) is 9.78. The molecule has 3 heterocycles. The average Bonchev–Trinajstić information content (AvgIpc) is 3.48. The second-order valence-corrected chi connectivity index (χ2v) is 13.0. The largest absolute Gasteiger partial charge is 0.420 e. The Hall–Kier alpha value is -2.99. The molecule has 1 aromatic heterocycles. The molecule has 0 unspecified atom stereocenters. The zero-order valence-electron chi connectivity index (χ0n) is 21.8. The van der Waals surface area contributed by atoms with E-state index in [0.717, 1.165) is 24.0 Å². The van der Waals surface area contributed by atoms with Crippen molar-refractivity contribution in [1.82, 2.24) is 9.88 Å². The number of aromatic nitrogens is 1. The number of anilines is 1. The summed E-state index contributed by atoms with van der Waals surface area (Å²) in [5, 5.41) is -0.169. The van der Waals surface area contributed by atoms with Gasteiger partial charge in [0.1, 0.15) is 4.32 Å². The third kappa shape index (κ3) is 5.96. The molecule has 0 aliphatic carbocycles. The lowest BCUT2D eigenvalue weighted by molar-refractivity contribution is -0.122. The molecule has 0 bridgehead atoms. The summed E-state index contributed by atoms with van der Waals surface area (Å²) in [7, 11) is -3.99. The first-order chi connectivity index (χ1) is 18.7. The van der Waals surface area contributed by atoms with E-state index >= 15 is 0 Å². The van der Waals surface area contributed by atoms with Gasteiger partial charge in [-0.2, -0.15) is 4.98 Å². The lowest BCUT2D eigenvalue weighted by atomic mass is 10.1. The van der Waals surface area contributed by atoms with Crippen LogP contribution in [-0.4, -0.2) is 61.4 Å². The Bertz CT molecular complexity index is 1530. The van der Waals surface area contributed by atoms with Crippen molar-refractivity contribution in [2.45, 2.75) is 36.6 Å². The zero-order chi connectivity index (χ0) is 27.6. The number of carbonyl (C=O) groups excluding carboxylic acids is 1. The number of oxazole rings is 1. The van der Waals surface area contributed by atoms with Gasteiger partial charge in [0.25, 0.3) is 5.91 Å². The van der Waals surface area contributed by atoms with Crippen molar-refractivity contribution >= 4 is 56.0 Å². The number of morpholine rings is 1. The summed E-state index contributed by atoms with van der Waals surface area (Å²) in [6.45, 7) is 6.11. The van der Waals surface area contributed by atoms with E-state index in [-0.39, 0.29) is 27.6 Å². The predicted molar refractivity (Wildman–Crippen MR) is 156 cm³/mol. The summed E-state index contributed by atoms with van der Waals surface area (Å²) in [5.41, 5.74) is 3.06. The highest BCUT2D eigenvalue weighted by Crippen LogP contribution is 2.36. The van der Waals surface area contributed by atoms with Crippen LogP contribution in [0.1, 0.15) is 29.0 Å². The van der Waals surface area contributed by atoms with Gasteiger partial charge < -0.3 is 14.1 Å². The number of hydrogen-bond donors (Lipinski definition) is 0. The molecule has 1 amide bonds. The normalized spacial score (nSPS) is 17.4. The summed E-state index contributed by atoms with van der Waals surface area (Å²) in [6.07, 6.45) is 3.08. The Balaban J connectivity index is 1.42. The Morgan fingerprint density at radius 2 is 1.82 bits per heavy atom. The van der Waals surface area contributed by atoms with Crippen molar-refractivity contribution in [3.05, 3.63) is 76.0 Å². The Labute approximate surface area is 238 Å². The van der Waals surface area contributed by atoms with Gasteiger partial charge >= 0.3 is 0 Å². The predicted octanol–water partition coefficient (Wildman–Crippen LogP) is 4.79. The van der Waals surface area contributed by atoms with Gasteiger partial charge in [-0.05, 0) is 55.5 Å². The summed E-state index contributed by atoms with van der Waals surface area (Å²) >= 11 is 6.65. The molecule has 39 heavy (non-hydrogen) atoms. The molecule has 0 atom stereocenters. The molecule has 0 N–H and O–H groups in total. The number of ether oxygens (including phenoxy) is 1. The van der Waals surface area contributed by atoms with E-state index in [1.54, 1.807) is 23.1 Å². The van der Waals surface area contributed by atoms with E-state index in [1.807, 2.05) is 36.9 Å². The number of thioether (sulfide) groups is 1. The van der Waals surface area contributed by atoms with Crippen molar-refractivity contribution in [1.29, 1.82) is 0 Å². The minimum Gasteiger partial charge on any atom is -0.420 e. The quantitative estimate of drug-likeness (QED) is 0.274. The number of aryl methyl sites for hydroxylation is 3. The number of nitrogens with zero attached hydrogens (tertiary/aromatic N) is 3. The highest BCUT2D eigenvalue weighted by atomic mass is 32.2. The van der Waals surface area contributed by atoms with Crippen molar-refractivity contribution in [3.8, 4) is 0 Å². The van der Waals surface area contributed by atoms with E-state index in [9.17, 15) is 13.2 Å². The smallest absolute Gasteiger partial charge is 0.266 e. The molecule has 2 aliphatic rings. The Morgan fingerprint density at radius 3 is 2.54 bits per heavy atom. The first-order valence-corrected chi connectivity index (χ1v) is 15.4. The van der Waals surface area contributed by atoms with Crippen LogP contribution in [0.4, 0.5) is 5.88 Å². The number of thiocarbonyl (C=S) groups is 1. The SMILES string of the molecule is Cc1ccc(S(=O)(=O)c2nc(C=C3SC(=S)N(CCCc4ccccc4)C3=O)oc2N2CCOCC2)cc1C. The number of rotatable bonds is 8. The van der Waals surface area contributed by atoms with Gasteiger partial charge in [-0.25, -0.2) is 8.42 Å². The number of carbonyl (C=O) groups is 1. The minimum atomic E-state index is -3.99. The van der Waals surface area contributed by atoms with Crippen LogP contribution >= 0.6 is 24.0 Å². The van der Waals surface area contributed by atoms with Crippen LogP contribution in [0, 0.1) is 13.8 Å². The van der Waals surface area contributed by atoms with Gasteiger partial charge in [0.05, 0.1) is 23.0 Å². The van der Waals surface area contributed by atoms with Crippen LogP contribution < -0.4 is 4.90 Å². The molecule has 2 fully saturated rings. The highest BCUT2D eigenvalue weighted by molar-refractivity contribution is 8.26. The van der Waals surface area contributed by atoms with Gasteiger partial charge in [0.2, 0.25) is 26.6 Å². The third-order valence-electron chi connectivity index (χ3n) is 6.76. The maximum Gasteiger partial charge on any atom is 0.266 e. The fourth-order valence-electron chi connectivity index (χ4n) is 4.40. The van der Waals surface area contributed by atoms with E-state index in [1.165, 1.54) is 23.4 Å². The average molecular weight is 584 g/mol. The standard InChI is InChI=1S/C28H29N3O5S3/c1-19-10-11-22(17-20(19)2)39(33,34)25-27(30-13-15-35-16-14-30)36-24(29-25)18-23-26(32)31(28(37)38-23)12-6-9-21-7-4-3-5-8-21/h3-5,7-8,10-11,17-18H,6,9,12-16H2,1-2H3. The molecule has 2 aliphatic heterocycles. The molecule has 3 aromatic rings. The summed E-state index contributed by atoms with van der Waals surface area (Å²) < 4.78 is 39.3. The molecular formula is C28H29N3O5S3. The van der Waals surface area contributed by atoms with Gasteiger partial charge in [-0.3, -0.25) is 9.69 Å². The molecule has 8 nitrogen and oxygen atoms in total. The number of benzene rings is 2. The van der Waals surface area contributed by atoms with Crippen LogP contribution in [0.5, 0.6) is 0 Å². The van der Waals surface area contributed by atoms with E-state index in [0.29, 0.717) is 42.1 Å². The molecule has 204 valence electrons. The molecule has 0 radical (unpaired) electrons. The molecule has 0 spiro atoms. The molecular weight excluding hydrogens is 555 g/mol. The van der Waals surface area contributed by atoms with Crippen LogP contribution in [0.15, 0.2) is 67.8 Å². The lowest BCUT2D eigenvalue weighted by Crippen LogP contribution is -2.36. The fraction of sp³-hybridized carbons (Fsp3) is 0.321. The number of amides is 1. The molecule has 0 saturated carbocycles. The maximum absolute atomic E-state index is 13.7. The summed E-state index contributed by atoms with van der Waals surface area (Å²) in [6, 6.07) is 15.1. The Morgan fingerprint density at radius 1 is 1.08 bits per heavy atom. The van der Waals surface area contributed by atoms with Crippen molar-refractivity contribution < 1.29 is 22.4 Å². The maximum atomic E-state index is 13.7. The summed E-state index contributed by atoms with van der Waals surface area (Å²) in [4.78, 5) is 21.5. The van der Waals surface area contributed by atoms with Crippen molar-refractivity contribution in [2.75, 3.05) is 37.7 Å². The topological polar surface area (TPSA) is 93.0 Å². The van der Waals surface area contributed by atoms with E-state index in [2.05, 4.69) is 17.1 Å². The molecule has 2 aromatic carbocycles. The van der Waals surface area contributed by atoms with Gasteiger partial charge in [-0.1, -0.05) is 60.4 Å². The fourth-order valence-corrected chi connectivity index (χ4v) is 7.09. The number of sulfone groups is 1. The second kappa shape index (κ2) is 11.6. The lowest BCUT2D eigenvalue weighted by Gasteiger charge is -2.26. The highest BCUT2D eigenvalue weighted by Gasteiger charge is 2.35. The molecule has 11 heteroatoms. The zero-order valence-corrected chi connectivity index (χ0v) is 24.2. The van der Waals surface area contributed by atoms with E-state index in [4.69, 9.17) is 21.4 Å². The monoisotopic (exact) mass is 583 g/mol. The van der Waals surface area contributed by atoms with Gasteiger partial charge in [0.15, 0.2) is 0 Å². The first kappa shape index (κ1) is 27.6. The van der Waals surface area contributed by atoms with E-state index < -0.39 is 9.84 Å². The van der Waals surface area contributed by atoms with Gasteiger partial charge in [0, 0.05) is 25.7 Å². The van der Waals surface area contributed by atoms with Crippen LogP contribution in [0.2, 0.25) is 0 Å². The van der Waals surface area contributed by atoms with Crippen LogP contribution in [0.25, 0.3) is 6.08 Å². The minimum absolute atomic E-state index is 0.0451. The van der Waals surface area contributed by atoms with Crippen LogP contribution in [-0.2, 0) is 25.8 Å². The van der Waals surface area contributed by atoms with Crippen molar-refractivity contribution in [2.24, 2.45) is 0 Å². The molecule has 2 saturated heterocycles. The van der Waals surface area contributed by atoms with Gasteiger partial charge in [-0.15, -0.1) is 0 Å². The first-order valence-electron chi connectivity index (χ1n) is 12.7.